The summed E-state index contributed by atoms with van der Waals surface area (Å²) in [4.78, 5) is 12.6. The molecule has 4 nitrogen and oxygen atoms in total. The lowest BCUT2D eigenvalue weighted by molar-refractivity contribution is -0.138. The molecule has 0 radical (unpaired) electrons. The molecule has 0 saturated carbocycles. The summed E-state index contributed by atoms with van der Waals surface area (Å²) in [5.41, 5.74) is 0. The molecule has 0 bridgehead atoms. The Labute approximate surface area is 85.9 Å². The van der Waals surface area contributed by atoms with Crippen LogP contribution in [0.2, 0.25) is 0 Å². The summed E-state index contributed by atoms with van der Waals surface area (Å²) in [6, 6.07) is 0.118. The average molecular weight is 203 g/mol. The fourth-order valence-electron chi connectivity index (χ4n) is 1.35. The van der Waals surface area contributed by atoms with Gasteiger partial charge in [-0.05, 0) is 20.4 Å². The number of likely N-dealkylation sites (N-methyl/N-ethyl adjacent to an activating group) is 1. The third kappa shape index (κ3) is 5.94. The molecule has 0 heterocycles. The maximum absolute atomic E-state index is 10.5. The lowest BCUT2D eigenvalue weighted by atomic mass is 10.1. The highest BCUT2D eigenvalue weighted by Gasteiger charge is 2.15. The molecule has 14 heavy (non-hydrogen) atoms. The van der Waals surface area contributed by atoms with E-state index < -0.39 is 5.97 Å². The molecule has 1 N–H and O–H groups in total. The molecule has 0 aliphatic heterocycles. The van der Waals surface area contributed by atoms with Gasteiger partial charge in [-0.1, -0.05) is 6.92 Å². The molecule has 4 heteroatoms. The maximum Gasteiger partial charge on any atom is 0.304 e. The smallest absolute Gasteiger partial charge is 0.304 e. The minimum Gasteiger partial charge on any atom is -0.481 e. The summed E-state index contributed by atoms with van der Waals surface area (Å²) >= 11 is 0. The molecule has 0 rings (SSSR count). The van der Waals surface area contributed by atoms with Gasteiger partial charge in [-0.25, -0.2) is 0 Å². The molecule has 0 aromatic carbocycles. The van der Waals surface area contributed by atoms with Crippen LogP contribution in [0.1, 0.15) is 26.7 Å². The number of nitrogens with zero attached hydrogens (tertiary/aromatic N) is 1. The second kappa shape index (κ2) is 7.76. The zero-order chi connectivity index (χ0) is 11.0. The predicted octanol–water partition coefficient (Wildman–Crippen LogP) is 1.21. The highest BCUT2D eigenvalue weighted by molar-refractivity contribution is 5.67. The van der Waals surface area contributed by atoms with Crippen LogP contribution >= 0.6 is 0 Å². The van der Waals surface area contributed by atoms with Crippen LogP contribution in [-0.4, -0.2) is 48.8 Å². The first kappa shape index (κ1) is 13.4. The number of carbonyl (C=O) groups is 1. The lowest BCUT2D eigenvalue weighted by Crippen LogP contribution is -2.35. The molecule has 0 aliphatic carbocycles. The van der Waals surface area contributed by atoms with E-state index in [0.29, 0.717) is 13.2 Å². The van der Waals surface area contributed by atoms with Crippen LogP contribution in [-0.2, 0) is 9.53 Å². The van der Waals surface area contributed by atoms with Crippen molar-refractivity contribution in [1.82, 2.24) is 4.90 Å². The molecule has 0 spiro atoms. The fraction of sp³-hybridized carbons (Fsp3) is 0.900. The Kier molecular flexibility index (Phi) is 7.42. The first-order chi connectivity index (χ1) is 6.61. The quantitative estimate of drug-likeness (QED) is 0.602. The Morgan fingerprint density at radius 3 is 2.57 bits per heavy atom. The predicted molar refractivity (Wildman–Crippen MR) is 55.5 cm³/mol. The SMILES string of the molecule is CCOCCN(C)C(CC)CC(=O)O. The molecule has 0 fully saturated rings. The van der Waals surface area contributed by atoms with E-state index in [0.717, 1.165) is 13.0 Å². The first-order valence-corrected chi connectivity index (χ1v) is 5.11. The van der Waals surface area contributed by atoms with Crippen LogP contribution in [0.3, 0.4) is 0 Å². The van der Waals surface area contributed by atoms with E-state index in [2.05, 4.69) is 0 Å². The average Bonchev–Trinajstić information content (AvgIpc) is 2.14. The third-order valence-electron chi connectivity index (χ3n) is 2.30. The summed E-state index contributed by atoms with van der Waals surface area (Å²) < 4.78 is 5.21. The van der Waals surface area contributed by atoms with Crippen molar-refractivity contribution in [3.8, 4) is 0 Å². The van der Waals surface area contributed by atoms with E-state index in [-0.39, 0.29) is 12.5 Å². The van der Waals surface area contributed by atoms with Crippen molar-refractivity contribution in [2.24, 2.45) is 0 Å². The monoisotopic (exact) mass is 203 g/mol. The highest BCUT2D eigenvalue weighted by Crippen LogP contribution is 2.06. The van der Waals surface area contributed by atoms with Crippen molar-refractivity contribution in [2.75, 3.05) is 26.8 Å². The van der Waals surface area contributed by atoms with Crippen LogP contribution < -0.4 is 0 Å². The molecule has 0 aliphatic rings. The minimum absolute atomic E-state index is 0.118. The molecular formula is C10H21NO3. The van der Waals surface area contributed by atoms with Gasteiger partial charge in [0.1, 0.15) is 0 Å². The van der Waals surface area contributed by atoms with E-state index in [4.69, 9.17) is 9.84 Å². The highest BCUT2D eigenvalue weighted by atomic mass is 16.5. The van der Waals surface area contributed by atoms with Gasteiger partial charge in [-0.2, -0.15) is 0 Å². The molecule has 0 aromatic rings. The second-order valence-corrected chi connectivity index (χ2v) is 3.34. The second-order valence-electron chi connectivity index (χ2n) is 3.34. The summed E-state index contributed by atoms with van der Waals surface area (Å²) in [5.74, 6) is -0.736. The number of rotatable bonds is 8. The molecule has 0 aromatic heterocycles. The molecule has 1 unspecified atom stereocenters. The number of aliphatic carboxylic acids is 1. The van der Waals surface area contributed by atoms with Gasteiger partial charge in [0, 0.05) is 19.2 Å². The van der Waals surface area contributed by atoms with Gasteiger partial charge in [0.15, 0.2) is 0 Å². The van der Waals surface area contributed by atoms with Gasteiger partial charge < -0.3 is 14.7 Å². The van der Waals surface area contributed by atoms with E-state index in [1.165, 1.54) is 0 Å². The number of ether oxygens (including phenoxy) is 1. The molecule has 84 valence electrons. The molecule has 1 atom stereocenters. The van der Waals surface area contributed by atoms with Gasteiger partial charge in [0.05, 0.1) is 13.0 Å². The molecule has 0 saturated heterocycles. The first-order valence-electron chi connectivity index (χ1n) is 5.11. The topological polar surface area (TPSA) is 49.8 Å². The van der Waals surface area contributed by atoms with Crippen molar-refractivity contribution in [1.29, 1.82) is 0 Å². The molecular weight excluding hydrogens is 182 g/mol. The van der Waals surface area contributed by atoms with E-state index >= 15 is 0 Å². The zero-order valence-corrected chi connectivity index (χ0v) is 9.32. The van der Waals surface area contributed by atoms with Crippen LogP contribution in [0.25, 0.3) is 0 Å². The maximum atomic E-state index is 10.5. The van der Waals surface area contributed by atoms with Crippen molar-refractivity contribution in [3.05, 3.63) is 0 Å². The van der Waals surface area contributed by atoms with Gasteiger partial charge in [-0.3, -0.25) is 4.79 Å². The Balaban J connectivity index is 3.78. The van der Waals surface area contributed by atoms with Crippen molar-refractivity contribution in [3.63, 3.8) is 0 Å². The van der Waals surface area contributed by atoms with Crippen molar-refractivity contribution >= 4 is 5.97 Å². The Hall–Kier alpha value is -0.610. The number of hydrogen-bond donors (Lipinski definition) is 1. The van der Waals surface area contributed by atoms with Crippen LogP contribution in [0.4, 0.5) is 0 Å². The lowest BCUT2D eigenvalue weighted by Gasteiger charge is -2.25. The third-order valence-corrected chi connectivity index (χ3v) is 2.30. The van der Waals surface area contributed by atoms with Crippen molar-refractivity contribution in [2.45, 2.75) is 32.7 Å². The minimum atomic E-state index is -0.736. The standard InChI is InChI=1S/C10H21NO3/c1-4-9(8-10(12)13)11(3)6-7-14-5-2/h9H,4-8H2,1-3H3,(H,12,13). The summed E-state index contributed by atoms with van der Waals surface area (Å²) in [7, 11) is 1.94. The van der Waals surface area contributed by atoms with E-state index in [1.54, 1.807) is 0 Å². The molecule has 0 amide bonds. The van der Waals surface area contributed by atoms with Crippen LogP contribution in [0.15, 0.2) is 0 Å². The van der Waals surface area contributed by atoms with Crippen LogP contribution in [0, 0.1) is 0 Å². The van der Waals surface area contributed by atoms with Gasteiger partial charge in [-0.15, -0.1) is 0 Å². The van der Waals surface area contributed by atoms with Crippen LogP contribution in [0.5, 0.6) is 0 Å². The van der Waals surface area contributed by atoms with Gasteiger partial charge in [0.2, 0.25) is 0 Å². The van der Waals surface area contributed by atoms with Crippen molar-refractivity contribution < 1.29 is 14.6 Å². The number of carboxylic acids is 1. The van der Waals surface area contributed by atoms with E-state index in [1.807, 2.05) is 25.8 Å². The fourth-order valence-corrected chi connectivity index (χ4v) is 1.35. The summed E-state index contributed by atoms with van der Waals surface area (Å²) in [5, 5.41) is 8.68. The largest absolute Gasteiger partial charge is 0.481 e. The van der Waals surface area contributed by atoms with E-state index in [9.17, 15) is 4.79 Å². The number of carboxylic acid groups (broad SMARTS) is 1. The van der Waals surface area contributed by atoms with Gasteiger partial charge >= 0.3 is 5.97 Å². The normalized spacial score (nSPS) is 13.1. The Bertz CT molecular complexity index is 161. The zero-order valence-electron chi connectivity index (χ0n) is 9.32. The summed E-state index contributed by atoms with van der Waals surface area (Å²) in [6.45, 7) is 6.13. The summed E-state index contributed by atoms with van der Waals surface area (Å²) in [6.07, 6.45) is 1.06. The van der Waals surface area contributed by atoms with Gasteiger partial charge in [0.25, 0.3) is 0 Å². The Morgan fingerprint density at radius 1 is 1.50 bits per heavy atom. The Morgan fingerprint density at radius 2 is 2.14 bits per heavy atom. The number of hydrogen-bond acceptors (Lipinski definition) is 3.